The second-order valence-corrected chi connectivity index (χ2v) is 4.32. The Bertz CT molecular complexity index is 639. The number of hydrogen-bond acceptors (Lipinski definition) is 3. The van der Waals surface area contributed by atoms with E-state index in [1.54, 1.807) is 36.4 Å². The Balaban J connectivity index is 2.27. The van der Waals surface area contributed by atoms with Gasteiger partial charge in [0.2, 0.25) is 0 Å². The molecule has 0 aliphatic carbocycles. The average Bonchev–Trinajstić information content (AvgIpc) is 2.53. The third-order valence-electron chi connectivity index (χ3n) is 2.15. The highest BCUT2D eigenvalue weighted by Gasteiger charge is 1.94. The Morgan fingerprint density at radius 3 is 1.83 bits per heavy atom. The van der Waals surface area contributed by atoms with Gasteiger partial charge in [0.05, 0.1) is 16.4 Å². The Kier molecular flexibility index (Phi) is 4.07. The van der Waals surface area contributed by atoms with Crippen LogP contribution >= 0.6 is 23.2 Å². The van der Waals surface area contributed by atoms with Gasteiger partial charge in [-0.2, -0.15) is 10.2 Å². The molecule has 90 valence electrons. The minimum absolute atomic E-state index is 0.156. The molecule has 0 heterocycles. The lowest BCUT2D eigenvalue weighted by Crippen LogP contribution is -1.92. The lowest BCUT2D eigenvalue weighted by atomic mass is 10.3. The van der Waals surface area contributed by atoms with E-state index in [2.05, 4.69) is 10.2 Å². The lowest BCUT2D eigenvalue weighted by molar-refractivity contribution is 1.23. The topological polar surface area (TPSA) is 41.8 Å². The summed E-state index contributed by atoms with van der Waals surface area (Å²) in [5, 5.41) is 8.84. The van der Waals surface area contributed by atoms with Crippen LogP contribution in [0.4, 0.5) is 11.4 Å². The van der Waals surface area contributed by atoms with Crippen LogP contribution in [0, 0.1) is 0 Å². The zero-order valence-corrected chi connectivity index (χ0v) is 10.7. The van der Waals surface area contributed by atoms with Crippen molar-refractivity contribution < 1.29 is 0 Å². The van der Waals surface area contributed by atoms with Gasteiger partial charge in [-0.3, -0.25) is 4.79 Å². The predicted molar refractivity (Wildman–Crippen MR) is 73.4 cm³/mol. The second-order valence-electron chi connectivity index (χ2n) is 3.48. The maximum atomic E-state index is 11.3. The fraction of sp³-hybridized carbons (Fsp3) is 0. The summed E-state index contributed by atoms with van der Waals surface area (Å²) in [6, 6.07) is 13.0. The molecule has 2 aromatic carbocycles. The average molecular weight is 279 g/mol. The normalized spacial score (nSPS) is 10.8. The molecule has 0 spiro atoms. The van der Waals surface area contributed by atoms with Crippen LogP contribution in [-0.4, -0.2) is 0 Å². The first kappa shape index (κ1) is 12.7. The number of benzene rings is 1. The lowest BCUT2D eigenvalue weighted by Gasteiger charge is -1.91. The van der Waals surface area contributed by atoms with Crippen molar-refractivity contribution in [3.8, 4) is 0 Å². The molecule has 0 atom stereocenters. The molecule has 0 radical (unpaired) electrons. The molecule has 0 saturated carbocycles. The van der Waals surface area contributed by atoms with Gasteiger partial charge in [-0.05, 0) is 48.5 Å². The van der Waals surface area contributed by atoms with E-state index in [-0.39, 0.29) is 10.5 Å². The number of halogens is 2. The van der Waals surface area contributed by atoms with E-state index in [4.69, 9.17) is 23.2 Å². The molecule has 0 saturated heterocycles. The molecule has 0 aliphatic rings. The number of hydrogen-bond donors (Lipinski definition) is 0. The Morgan fingerprint density at radius 2 is 1.22 bits per heavy atom. The van der Waals surface area contributed by atoms with Crippen LogP contribution in [0.15, 0.2) is 63.6 Å². The Morgan fingerprint density at radius 1 is 0.722 bits per heavy atom. The summed E-state index contributed by atoms with van der Waals surface area (Å²) in [6.07, 6.45) is 0. The van der Waals surface area contributed by atoms with E-state index in [1.807, 2.05) is 0 Å². The molecule has 18 heavy (non-hydrogen) atoms. The second kappa shape index (κ2) is 5.76. The molecule has 2 aromatic rings. The SMILES string of the molecule is O=c1ccc(N=Nc2ccc(Cl)cc2)ccc1Cl. The zero-order chi connectivity index (χ0) is 13.0. The zero-order valence-electron chi connectivity index (χ0n) is 9.18. The van der Waals surface area contributed by atoms with Crippen LogP contribution in [0.2, 0.25) is 10.0 Å². The third kappa shape index (κ3) is 3.39. The number of nitrogens with zero attached hydrogens (tertiary/aromatic N) is 2. The quantitative estimate of drug-likeness (QED) is 0.730. The first-order valence-corrected chi connectivity index (χ1v) is 5.88. The fourth-order valence-corrected chi connectivity index (χ4v) is 1.48. The Hall–Kier alpha value is -1.71. The summed E-state index contributed by atoms with van der Waals surface area (Å²) in [6.45, 7) is 0. The third-order valence-corrected chi connectivity index (χ3v) is 2.71. The molecule has 3 nitrogen and oxygen atoms in total. The van der Waals surface area contributed by atoms with Gasteiger partial charge >= 0.3 is 0 Å². The number of rotatable bonds is 2. The van der Waals surface area contributed by atoms with E-state index in [0.29, 0.717) is 16.4 Å². The minimum atomic E-state index is -0.246. The van der Waals surface area contributed by atoms with Crippen LogP contribution in [-0.2, 0) is 0 Å². The van der Waals surface area contributed by atoms with Gasteiger partial charge in [0, 0.05) is 5.02 Å². The van der Waals surface area contributed by atoms with Crippen molar-refractivity contribution in [1.29, 1.82) is 0 Å². The molecule has 5 heteroatoms. The van der Waals surface area contributed by atoms with Crippen LogP contribution in [0.25, 0.3) is 0 Å². The monoisotopic (exact) mass is 278 g/mol. The van der Waals surface area contributed by atoms with Crippen LogP contribution in [0.5, 0.6) is 0 Å². The molecule has 2 rings (SSSR count). The molecule has 0 fully saturated rings. The summed E-state index contributed by atoms with van der Waals surface area (Å²) >= 11 is 11.5. The molecular weight excluding hydrogens is 271 g/mol. The summed E-state index contributed by atoms with van der Waals surface area (Å²) in [5.41, 5.74) is 0.984. The van der Waals surface area contributed by atoms with E-state index >= 15 is 0 Å². The maximum absolute atomic E-state index is 11.3. The van der Waals surface area contributed by atoms with Crippen molar-refractivity contribution in [1.82, 2.24) is 0 Å². The Labute approximate surface area is 114 Å². The molecule has 0 unspecified atom stereocenters. The molecule has 0 bridgehead atoms. The number of azo groups is 1. The van der Waals surface area contributed by atoms with Gasteiger partial charge in [0.15, 0.2) is 5.43 Å². The van der Waals surface area contributed by atoms with Gasteiger partial charge in [-0.15, -0.1) is 0 Å². The van der Waals surface area contributed by atoms with Crippen molar-refractivity contribution in [2.45, 2.75) is 0 Å². The van der Waals surface area contributed by atoms with Crippen LogP contribution in [0.3, 0.4) is 0 Å². The van der Waals surface area contributed by atoms with Gasteiger partial charge in [0.1, 0.15) is 0 Å². The van der Waals surface area contributed by atoms with Crippen molar-refractivity contribution in [3.63, 3.8) is 0 Å². The summed E-state index contributed by atoms with van der Waals surface area (Å²) in [4.78, 5) is 11.3. The van der Waals surface area contributed by atoms with Crippen molar-refractivity contribution in [2.75, 3.05) is 0 Å². The van der Waals surface area contributed by atoms with Crippen LogP contribution in [0.1, 0.15) is 0 Å². The van der Waals surface area contributed by atoms with Crippen molar-refractivity contribution >= 4 is 34.6 Å². The first-order valence-electron chi connectivity index (χ1n) is 5.12. The highest BCUT2D eigenvalue weighted by molar-refractivity contribution is 6.30. The highest BCUT2D eigenvalue weighted by atomic mass is 35.5. The van der Waals surface area contributed by atoms with E-state index < -0.39 is 0 Å². The summed E-state index contributed by atoms with van der Waals surface area (Å²) < 4.78 is 0. The first-order chi connectivity index (χ1) is 8.65. The summed E-state index contributed by atoms with van der Waals surface area (Å²) in [7, 11) is 0. The maximum Gasteiger partial charge on any atom is 0.197 e. The van der Waals surface area contributed by atoms with Crippen molar-refractivity contribution in [2.24, 2.45) is 10.2 Å². The van der Waals surface area contributed by atoms with Gasteiger partial charge in [-0.25, -0.2) is 0 Å². The molecular formula is C13H8Cl2N2O. The van der Waals surface area contributed by atoms with Crippen molar-refractivity contribution in [3.05, 3.63) is 68.8 Å². The smallest absolute Gasteiger partial charge is 0.197 e. The highest BCUT2D eigenvalue weighted by Crippen LogP contribution is 2.19. The van der Waals surface area contributed by atoms with Crippen LogP contribution < -0.4 is 5.43 Å². The molecule has 0 N–H and O–H groups in total. The van der Waals surface area contributed by atoms with E-state index in [9.17, 15) is 4.79 Å². The predicted octanol–water partition coefficient (Wildman–Crippen LogP) is 4.77. The summed E-state index contributed by atoms with van der Waals surface area (Å²) in [5.74, 6) is 0. The van der Waals surface area contributed by atoms with Gasteiger partial charge < -0.3 is 0 Å². The minimum Gasteiger partial charge on any atom is -0.288 e. The fourth-order valence-electron chi connectivity index (χ4n) is 1.23. The molecule has 0 amide bonds. The molecule has 0 aliphatic heterocycles. The van der Waals surface area contributed by atoms with Gasteiger partial charge in [0.25, 0.3) is 0 Å². The van der Waals surface area contributed by atoms with Gasteiger partial charge in [-0.1, -0.05) is 23.2 Å². The van der Waals surface area contributed by atoms with E-state index in [1.165, 1.54) is 12.1 Å². The standard InChI is InChI=1S/C13H8Cl2N2O/c14-9-1-3-10(4-2-9)16-17-11-5-7-12(15)13(18)8-6-11/h1-8H. The molecule has 0 aromatic heterocycles. The van der Waals surface area contributed by atoms with E-state index in [0.717, 1.165) is 0 Å². The largest absolute Gasteiger partial charge is 0.288 e.